The summed E-state index contributed by atoms with van der Waals surface area (Å²) < 4.78 is 6.50. The molecule has 0 saturated carbocycles. The molecule has 1 heterocycles. The van der Waals surface area contributed by atoms with Crippen molar-refractivity contribution in [3.8, 4) is 5.75 Å². The van der Waals surface area contributed by atoms with E-state index in [9.17, 15) is 0 Å². The highest BCUT2D eigenvalue weighted by Crippen LogP contribution is 2.27. The zero-order chi connectivity index (χ0) is 14.4. The summed E-state index contributed by atoms with van der Waals surface area (Å²) in [4.78, 5) is 7.57. The maximum absolute atomic E-state index is 5.44. The van der Waals surface area contributed by atoms with Crippen LogP contribution < -0.4 is 10.1 Å². The molecule has 0 saturated heterocycles. The first-order chi connectivity index (χ1) is 9.74. The van der Waals surface area contributed by atoms with Crippen molar-refractivity contribution in [2.45, 2.75) is 25.8 Å². The number of halogens is 1. The lowest BCUT2D eigenvalue weighted by atomic mass is 10.0. The first-order valence-electron chi connectivity index (χ1n) is 6.79. The van der Waals surface area contributed by atoms with Gasteiger partial charge in [-0.25, -0.2) is 4.98 Å². The Morgan fingerprint density at radius 2 is 2.30 bits per heavy atom. The molecule has 4 nitrogen and oxygen atoms in total. The minimum absolute atomic E-state index is 0.160. The Bertz CT molecular complexity index is 528. The molecular weight excluding hydrogens is 318 g/mol. The molecular formula is C15H20BrN3O. The molecule has 5 heteroatoms. The fraction of sp³-hybridized carbons (Fsp3) is 0.400. The fourth-order valence-electron chi connectivity index (χ4n) is 2.18. The number of nitrogens with zero attached hydrogens (tertiary/aromatic N) is 1. The number of hydrogen-bond donors (Lipinski definition) is 2. The molecule has 1 unspecified atom stereocenters. The number of H-pyrrole nitrogens is 1. The smallest absolute Gasteiger partial charge is 0.123 e. The number of nitrogens with one attached hydrogen (secondary N) is 2. The van der Waals surface area contributed by atoms with Crippen molar-refractivity contribution in [1.82, 2.24) is 15.3 Å². The second-order valence-electron chi connectivity index (χ2n) is 4.64. The zero-order valence-corrected chi connectivity index (χ0v) is 13.4. The predicted molar refractivity (Wildman–Crippen MR) is 84.0 cm³/mol. The van der Waals surface area contributed by atoms with Crippen molar-refractivity contribution >= 4 is 15.9 Å². The van der Waals surface area contributed by atoms with Crippen molar-refractivity contribution in [1.29, 1.82) is 0 Å². The van der Waals surface area contributed by atoms with Crippen LogP contribution in [0.2, 0.25) is 0 Å². The van der Waals surface area contributed by atoms with E-state index in [0.717, 1.165) is 41.0 Å². The van der Waals surface area contributed by atoms with E-state index in [4.69, 9.17) is 4.74 Å². The van der Waals surface area contributed by atoms with Crippen molar-refractivity contribution in [3.05, 3.63) is 46.5 Å². The Balaban J connectivity index is 2.21. The maximum Gasteiger partial charge on any atom is 0.123 e. The zero-order valence-electron chi connectivity index (χ0n) is 11.8. The lowest BCUT2D eigenvalue weighted by Crippen LogP contribution is -2.25. The number of methoxy groups -OCH3 is 1. The molecule has 0 aliphatic heterocycles. The number of aromatic amines is 1. The highest BCUT2D eigenvalue weighted by Gasteiger charge is 2.16. The third-order valence-electron chi connectivity index (χ3n) is 3.16. The summed E-state index contributed by atoms with van der Waals surface area (Å²) in [5.41, 5.74) is 1.16. The summed E-state index contributed by atoms with van der Waals surface area (Å²) in [6, 6.07) is 6.23. The standard InChI is InChI=1S/C15H20BrN3O/c1-3-6-17-13(15-18-7-8-19-15)10-11-9-12(16)4-5-14(11)20-2/h4-5,7-9,13,17H,3,6,10H2,1-2H3,(H,18,19). The third kappa shape index (κ3) is 3.84. The van der Waals surface area contributed by atoms with Gasteiger partial charge in [0.05, 0.1) is 13.2 Å². The van der Waals surface area contributed by atoms with Crippen LogP contribution in [0.15, 0.2) is 35.1 Å². The summed E-state index contributed by atoms with van der Waals surface area (Å²) >= 11 is 3.52. The van der Waals surface area contributed by atoms with Gasteiger partial charge in [0, 0.05) is 16.9 Å². The second-order valence-corrected chi connectivity index (χ2v) is 5.56. The molecule has 0 amide bonds. The van der Waals surface area contributed by atoms with Crippen LogP contribution in [0.4, 0.5) is 0 Å². The summed E-state index contributed by atoms with van der Waals surface area (Å²) in [5, 5.41) is 3.53. The van der Waals surface area contributed by atoms with Crippen LogP contribution in [0.3, 0.4) is 0 Å². The minimum Gasteiger partial charge on any atom is -0.496 e. The van der Waals surface area contributed by atoms with Gasteiger partial charge in [0.25, 0.3) is 0 Å². The van der Waals surface area contributed by atoms with Crippen molar-refractivity contribution < 1.29 is 4.74 Å². The average molecular weight is 338 g/mol. The van der Waals surface area contributed by atoms with Gasteiger partial charge in [-0.15, -0.1) is 0 Å². The van der Waals surface area contributed by atoms with Crippen LogP contribution in [-0.4, -0.2) is 23.6 Å². The van der Waals surface area contributed by atoms with Crippen LogP contribution >= 0.6 is 15.9 Å². The average Bonchev–Trinajstić information content (AvgIpc) is 2.97. The van der Waals surface area contributed by atoms with E-state index >= 15 is 0 Å². The Morgan fingerprint density at radius 1 is 1.45 bits per heavy atom. The second kappa shape index (κ2) is 7.45. The van der Waals surface area contributed by atoms with Gasteiger partial charge in [-0.3, -0.25) is 0 Å². The van der Waals surface area contributed by atoms with Gasteiger partial charge in [-0.1, -0.05) is 22.9 Å². The lowest BCUT2D eigenvalue weighted by Gasteiger charge is -2.18. The molecule has 0 spiro atoms. The van der Waals surface area contributed by atoms with E-state index in [-0.39, 0.29) is 6.04 Å². The third-order valence-corrected chi connectivity index (χ3v) is 3.65. The predicted octanol–water partition coefficient (Wildman–Crippen LogP) is 3.46. The first-order valence-corrected chi connectivity index (χ1v) is 7.59. The summed E-state index contributed by atoms with van der Waals surface area (Å²) in [6.07, 6.45) is 5.56. The highest BCUT2D eigenvalue weighted by molar-refractivity contribution is 9.10. The van der Waals surface area contributed by atoms with Gasteiger partial charge >= 0.3 is 0 Å². The monoisotopic (exact) mass is 337 g/mol. The highest BCUT2D eigenvalue weighted by atomic mass is 79.9. The minimum atomic E-state index is 0.160. The normalized spacial score (nSPS) is 12.3. The number of hydrogen-bond acceptors (Lipinski definition) is 3. The Kier molecular flexibility index (Phi) is 5.61. The Morgan fingerprint density at radius 3 is 2.95 bits per heavy atom. The topological polar surface area (TPSA) is 49.9 Å². The molecule has 0 fully saturated rings. The molecule has 108 valence electrons. The van der Waals surface area contributed by atoms with Crippen LogP contribution in [0.25, 0.3) is 0 Å². The van der Waals surface area contributed by atoms with E-state index in [1.807, 2.05) is 18.3 Å². The molecule has 0 aliphatic carbocycles. The number of rotatable bonds is 7. The summed E-state index contributed by atoms with van der Waals surface area (Å²) in [5.74, 6) is 1.86. The van der Waals surface area contributed by atoms with E-state index in [2.05, 4.69) is 44.2 Å². The maximum atomic E-state index is 5.44. The van der Waals surface area contributed by atoms with Crippen molar-refractivity contribution in [3.63, 3.8) is 0 Å². The molecule has 2 rings (SSSR count). The first kappa shape index (κ1) is 15.1. The molecule has 1 aromatic carbocycles. The quantitative estimate of drug-likeness (QED) is 0.813. The molecule has 0 aliphatic rings. The lowest BCUT2D eigenvalue weighted by molar-refractivity contribution is 0.404. The van der Waals surface area contributed by atoms with Gasteiger partial charge in [0.1, 0.15) is 11.6 Å². The summed E-state index contributed by atoms with van der Waals surface area (Å²) in [6.45, 7) is 3.12. The van der Waals surface area contributed by atoms with Gasteiger partial charge in [-0.2, -0.15) is 0 Å². The molecule has 0 radical (unpaired) electrons. The SMILES string of the molecule is CCCNC(Cc1cc(Br)ccc1OC)c1ncc[nH]1. The van der Waals surface area contributed by atoms with Gasteiger partial charge < -0.3 is 15.0 Å². The Labute approximate surface area is 128 Å². The van der Waals surface area contributed by atoms with Crippen LogP contribution in [0.1, 0.15) is 30.8 Å². The summed E-state index contributed by atoms with van der Waals surface area (Å²) in [7, 11) is 1.70. The Hall–Kier alpha value is -1.33. The number of ether oxygens (including phenoxy) is 1. The van der Waals surface area contributed by atoms with Crippen molar-refractivity contribution in [2.75, 3.05) is 13.7 Å². The van der Waals surface area contributed by atoms with Gasteiger partial charge in [-0.05, 0) is 43.1 Å². The number of benzene rings is 1. The van der Waals surface area contributed by atoms with E-state index in [1.54, 1.807) is 13.3 Å². The van der Waals surface area contributed by atoms with Gasteiger partial charge in [0.2, 0.25) is 0 Å². The van der Waals surface area contributed by atoms with Gasteiger partial charge in [0.15, 0.2) is 0 Å². The van der Waals surface area contributed by atoms with Crippen LogP contribution in [0.5, 0.6) is 5.75 Å². The molecule has 2 N–H and O–H groups in total. The van der Waals surface area contributed by atoms with Crippen LogP contribution in [-0.2, 0) is 6.42 Å². The number of imidazole rings is 1. The molecule has 1 aromatic heterocycles. The van der Waals surface area contributed by atoms with Crippen LogP contribution in [0, 0.1) is 0 Å². The molecule has 2 aromatic rings. The molecule has 1 atom stereocenters. The molecule has 0 bridgehead atoms. The number of aromatic nitrogens is 2. The molecule has 20 heavy (non-hydrogen) atoms. The van der Waals surface area contributed by atoms with E-state index < -0.39 is 0 Å². The largest absolute Gasteiger partial charge is 0.496 e. The fourth-order valence-corrected chi connectivity index (χ4v) is 2.59. The van der Waals surface area contributed by atoms with E-state index in [0.29, 0.717) is 0 Å². The van der Waals surface area contributed by atoms with E-state index in [1.165, 1.54) is 0 Å². The van der Waals surface area contributed by atoms with Crippen molar-refractivity contribution in [2.24, 2.45) is 0 Å².